The summed E-state index contributed by atoms with van der Waals surface area (Å²) in [6.07, 6.45) is 0.270. The summed E-state index contributed by atoms with van der Waals surface area (Å²) in [7, 11) is 0. The van der Waals surface area contributed by atoms with Gasteiger partial charge in [-0.1, -0.05) is 29.5 Å². The summed E-state index contributed by atoms with van der Waals surface area (Å²) in [5.74, 6) is -0.102. The molecule has 10 heteroatoms. The number of para-hydroxylation sites is 1. The number of rotatable bonds is 5. The van der Waals surface area contributed by atoms with Crippen LogP contribution in [0.4, 0.5) is 20.0 Å². The molecule has 0 unspecified atom stereocenters. The van der Waals surface area contributed by atoms with Crippen LogP contribution < -0.4 is 10.6 Å². The van der Waals surface area contributed by atoms with Gasteiger partial charge in [0.05, 0.1) is 5.69 Å². The molecule has 0 atom stereocenters. The lowest BCUT2D eigenvalue weighted by Gasteiger charge is -2.34. The van der Waals surface area contributed by atoms with Crippen molar-refractivity contribution in [2.24, 2.45) is 0 Å². The predicted molar refractivity (Wildman–Crippen MR) is 108 cm³/mol. The highest BCUT2D eigenvalue weighted by Crippen LogP contribution is 2.23. The number of aromatic nitrogens is 1. The van der Waals surface area contributed by atoms with E-state index >= 15 is 0 Å². The van der Waals surface area contributed by atoms with Crippen LogP contribution in [0.5, 0.6) is 0 Å². The van der Waals surface area contributed by atoms with Gasteiger partial charge in [-0.05, 0) is 12.1 Å². The molecule has 1 aromatic carbocycles. The number of benzene rings is 1. The molecule has 2 heterocycles. The zero-order valence-electron chi connectivity index (χ0n) is 16.0. The molecule has 29 heavy (non-hydrogen) atoms. The zero-order valence-corrected chi connectivity index (χ0v) is 16.8. The van der Waals surface area contributed by atoms with Gasteiger partial charge in [0.2, 0.25) is 16.9 Å². The average Bonchev–Trinajstić information content (AvgIpc) is 3.05. The lowest BCUT2D eigenvalue weighted by molar-refractivity contribution is -0.138. The number of nitrogens with zero attached hydrogens (tertiary/aromatic N) is 3. The number of thiazole rings is 1. The summed E-state index contributed by atoms with van der Waals surface area (Å²) >= 11 is 0.725. The number of aryl methyl sites for hydroxylation is 1. The number of halogens is 1. The molecule has 4 amide bonds. The Labute approximate surface area is 171 Å². The van der Waals surface area contributed by atoms with E-state index in [4.69, 9.17) is 0 Å². The third-order valence-electron chi connectivity index (χ3n) is 4.56. The zero-order chi connectivity index (χ0) is 20.8. The SMILES string of the molecule is CC(=O)N1CCN(C(=O)CCc2nc(NC(=O)Nc3ccccc3)sc2F)CC1. The van der Waals surface area contributed by atoms with Crippen LogP contribution in [0.3, 0.4) is 0 Å². The highest BCUT2D eigenvalue weighted by Gasteiger charge is 2.23. The van der Waals surface area contributed by atoms with Gasteiger partial charge in [-0.25, -0.2) is 9.78 Å². The molecule has 3 rings (SSSR count). The maximum Gasteiger partial charge on any atom is 0.325 e. The second kappa shape index (κ2) is 9.46. The van der Waals surface area contributed by atoms with Gasteiger partial charge in [0.1, 0.15) is 0 Å². The smallest absolute Gasteiger partial charge is 0.325 e. The molecule has 0 bridgehead atoms. The molecule has 0 spiro atoms. The topological polar surface area (TPSA) is 94.6 Å². The Morgan fingerprint density at radius 3 is 2.38 bits per heavy atom. The van der Waals surface area contributed by atoms with Gasteiger partial charge in [0.25, 0.3) is 0 Å². The van der Waals surface area contributed by atoms with Gasteiger partial charge in [-0.2, -0.15) is 4.39 Å². The summed E-state index contributed by atoms with van der Waals surface area (Å²) < 4.78 is 14.1. The molecule has 1 aromatic heterocycles. The monoisotopic (exact) mass is 419 g/mol. The van der Waals surface area contributed by atoms with Crippen LogP contribution in [-0.4, -0.2) is 58.8 Å². The van der Waals surface area contributed by atoms with E-state index in [0.717, 1.165) is 11.3 Å². The number of anilines is 2. The molecule has 1 aliphatic heterocycles. The number of carbonyl (C=O) groups is 3. The molecule has 1 aliphatic rings. The molecule has 0 saturated carbocycles. The molecule has 0 aliphatic carbocycles. The van der Waals surface area contributed by atoms with Crippen molar-refractivity contribution in [3.05, 3.63) is 41.2 Å². The number of hydrogen-bond acceptors (Lipinski definition) is 5. The van der Waals surface area contributed by atoms with Gasteiger partial charge in [0, 0.05) is 51.6 Å². The first kappa shape index (κ1) is 20.7. The normalized spacial score (nSPS) is 13.9. The predicted octanol–water partition coefficient (Wildman–Crippen LogP) is 2.55. The summed E-state index contributed by atoms with van der Waals surface area (Å²) in [5.41, 5.74) is 0.762. The molecule has 8 nitrogen and oxygen atoms in total. The van der Waals surface area contributed by atoms with Crippen molar-refractivity contribution in [2.45, 2.75) is 19.8 Å². The van der Waals surface area contributed by atoms with E-state index in [1.165, 1.54) is 6.92 Å². The van der Waals surface area contributed by atoms with Crippen molar-refractivity contribution < 1.29 is 18.8 Å². The van der Waals surface area contributed by atoms with Crippen molar-refractivity contribution in [3.8, 4) is 0 Å². The minimum Gasteiger partial charge on any atom is -0.339 e. The number of piperazine rings is 1. The number of amides is 4. The lowest BCUT2D eigenvalue weighted by Crippen LogP contribution is -2.50. The Bertz CT molecular complexity index is 881. The number of hydrogen-bond donors (Lipinski definition) is 2. The minimum absolute atomic E-state index is 0.00188. The van der Waals surface area contributed by atoms with Crippen molar-refractivity contribution in [1.29, 1.82) is 0 Å². The van der Waals surface area contributed by atoms with Crippen LogP contribution in [0.15, 0.2) is 30.3 Å². The van der Waals surface area contributed by atoms with E-state index in [1.807, 2.05) is 6.07 Å². The second-order valence-electron chi connectivity index (χ2n) is 6.57. The van der Waals surface area contributed by atoms with Crippen LogP contribution in [0, 0.1) is 5.13 Å². The standard InChI is InChI=1S/C19H22FN5O3S/c1-13(26)24-9-11-25(12-10-24)16(27)8-7-15-17(20)29-19(22-15)23-18(28)21-14-5-3-2-4-6-14/h2-6H,7-12H2,1H3,(H2,21,22,23,28). The van der Waals surface area contributed by atoms with Crippen LogP contribution >= 0.6 is 11.3 Å². The summed E-state index contributed by atoms with van der Waals surface area (Å²) in [6, 6.07) is 8.35. The van der Waals surface area contributed by atoms with E-state index in [0.29, 0.717) is 31.9 Å². The summed E-state index contributed by atoms with van der Waals surface area (Å²) in [5, 5.41) is 4.75. The van der Waals surface area contributed by atoms with Crippen molar-refractivity contribution in [3.63, 3.8) is 0 Å². The maximum atomic E-state index is 14.1. The van der Waals surface area contributed by atoms with E-state index in [2.05, 4.69) is 15.6 Å². The van der Waals surface area contributed by atoms with E-state index in [1.54, 1.807) is 34.1 Å². The lowest BCUT2D eigenvalue weighted by atomic mass is 10.2. The summed E-state index contributed by atoms with van der Waals surface area (Å²) in [6.45, 7) is 3.48. The molecule has 2 aromatic rings. The van der Waals surface area contributed by atoms with Crippen molar-refractivity contribution >= 4 is 40.0 Å². The number of urea groups is 1. The summed E-state index contributed by atoms with van der Waals surface area (Å²) in [4.78, 5) is 43.1. The first-order valence-electron chi connectivity index (χ1n) is 9.24. The highest BCUT2D eigenvalue weighted by molar-refractivity contribution is 7.14. The van der Waals surface area contributed by atoms with Gasteiger partial charge in [0.15, 0.2) is 5.13 Å². The Morgan fingerprint density at radius 1 is 1.07 bits per heavy atom. The van der Waals surface area contributed by atoms with Gasteiger partial charge in [-0.3, -0.25) is 14.9 Å². The van der Waals surface area contributed by atoms with Crippen LogP contribution in [0.2, 0.25) is 0 Å². The molecular formula is C19H22FN5O3S. The van der Waals surface area contributed by atoms with Gasteiger partial charge in [-0.15, -0.1) is 0 Å². The third-order valence-corrected chi connectivity index (χ3v) is 5.36. The van der Waals surface area contributed by atoms with E-state index < -0.39 is 11.2 Å². The van der Waals surface area contributed by atoms with Gasteiger partial charge < -0.3 is 15.1 Å². The molecule has 154 valence electrons. The fourth-order valence-corrected chi connectivity index (χ4v) is 3.71. The quantitative estimate of drug-likeness (QED) is 0.779. The molecular weight excluding hydrogens is 397 g/mol. The highest BCUT2D eigenvalue weighted by atomic mass is 32.1. The van der Waals surface area contributed by atoms with Crippen LogP contribution in [0.25, 0.3) is 0 Å². The second-order valence-corrected chi connectivity index (χ2v) is 7.52. The van der Waals surface area contributed by atoms with Crippen LogP contribution in [0.1, 0.15) is 19.0 Å². The number of nitrogens with one attached hydrogen (secondary N) is 2. The molecule has 0 radical (unpaired) electrons. The van der Waals surface area contributed by atoms with Crippen LogP contribution in [-0.2, 0) is 16.0 Å². The first-order valence-corrected chi connectivity index (χ1v) is 10.1. The number of carbonyl (C=O) groups excluding carboxylic acids is 3. The van der Waals surface area contributed by atoms with E-state index in [-0.39, 0.29) is 35.5 Å². The molecule has 2 N–H and O–H groups in total. The maximum absolute atomic E-state index is 14.1. The fraction of sp³-hybridized carbons (Fsp3) is 0.368. The van der Waals surface area contributed by atoms with Gasteiger partial charge >= 0.3 is 6.03 Å². The molecule has 1 fully saturated rings. The first-order chi connectivity index (χ1) is 13.9. The fourth-order valence-electron chi connectivity index (χ4n) is 2.98. The van der Waals surface area contributed by atoms with Crippen molar-refractivity contribution in [2.75, 3.05) is 36.8 Å². The Balaban J connectivity index is 1.48. The third kappa shape index (κ3) is 5.74. The largest absolute Gasteiger partial charge is 0.339 e. The average molecular weight is 419 g/mol. The Morgan fingerprint density at radius 2 is 1.72 bits per heavy atom. The minimum atomic E-state index is -0.519. The van der Waals surface area contributed by atoms with E-state index in [9.17, 15) is 18.8 Å². The molecule has 1 saturated heterocycles. The Hall–Kier alpha value is -3.01. The Kier molecular flexibility index (Phi) is 6.76. The van der Waals surface area contributed by atoms with Crippen molar-refractivity contribution in [1.82, 2.24) is 14.8 Å².